The summed E-state index contributed by atoms with van der Waals surface area (Å²) in [6, 6.07) is -5.09. The molecule has 1 rings (SSSR count). The molecule has 0 saturated carbocycles. The van der Waals surface area contributed by atoms with Crippen molar-refractivity contribution in [2.75, 3.05) is 32.7 Å². The van der Waals surface area contributed by atoms with Crippen LogP contribution in [0.1, 0.15) is 111 Å². The first kappa shape index (κ1) is 77.6. The molecule has 1 aromatic carbocycles. The van der Waals surface area contributed by atoms with Crippen LogP contribution in [0.15, 0.2) is 30.3 Å². The molecular weight excluding hydrogens is 1160 g/mol. The minimum Gasteiger partial charge on any atom is -0.481 e. The number of nitrogens with one attached hydrogen (secondary N) is 11. The number of aliphatic hydroxyl groups is 2. The van der Waals surface area contributed by atoms with Crippen molar-refractivity contribution < 1.29 is 87.5 Å². The second-order valence-corrected chi connectivity index (χ2v) is 21.4. The zero-order valence-electron chi connectivity index (χ0n) is 50.5. The largest absolute Gasteiger partial charge is 0.481 e. The van der Waals surface area contributed by atoms with Gasteiger partial charge < -0.3 is 102 Å². The first-order valence-corrected chi connectivity index (χ1v) is 28.9. The van der Waals surface area contributed by atoms with Crippen LogP contribution < -0.4 is 81.4 Å². The molecule has 494 valence electrons. The Kier molecular flexibility index (Phi) is 36.1. The molecule has 0 saturated heterocycles. The molecule has 0 fully saturated rings. The highest BCUT2D eigenvalue weighted by atomic mass is 16.4. The summed E-state index contributed by atoms with van der Waals surface area (Å²) < 4.78 is 0. The van der Waals surface area contributed by atoms with E-state index in [2.05, 4.69) is 58.5 Å². The number of amides is 12. The van der Waals surface area contributed by atoms with E-state index in [1.807, 2.05) is 0 Å². The summed E-state index contributed by atoms with van der Waals surface area (Å²) in [5, 5.41) is 66.3. The number of carboxylic acid groups (broad SMARTS) is 2. The Morgan fingerprint density at radius 2 is 0.909 bits per heavy atom. The summed E-state index contributed by atoms with van der Waals surface area (Å²) in [5.41, 5.74) is 22.5. The molecule has 0 bridgehead atoms. The number of unbranched alkanes of at least 4 members (excludes halogenated alkanes) is 2. The van der Waals surface area contributed by atoms with Gasteiger partial charge in [-0.1, -0.05) is 64.4 Å². The van der Waals surface area contributed by atoms with Crippen molar-refractivity contribution in [1.29, 1.82) is 0 Å². The third-order valence-corrected chi connectivity index (χ3v) is 13.6. The van der Waals surface area contributed by atoms with E-state index >= 15 is 0 Å². The van der Waals surface area contributed by atoms with Crippen LogP contribution >= 0.6 is 0 Å². The van der Waals surface area contributed by atoms with Crippen LogP contribution in [0, 0.1) is 11.8 Å². The van der Waals surface area contributed by atoms with Gasteiger partial charge in [-0.15, -0.1) is 0 Å². The van der Waals surface area contributed by atoms with Gasteiger partial charge in [0.1, 0.15) is 48.3 Å². The van der Waals surface area contributed by atoms with Crippen molar-refractivity contribution in [2.45, 2.75) is 179 Å². The molecule has 0 spiro atoms. The summed E-state index contributed by atoms with van der Waals surface area (Å²) in [4.78, 5) is 182. The van der Waals surface area contributed by atoms with Gasteiger partial charge in [0.2, 0.25) is 70.9 Å². The third kappa shape index (κ3) is 29.8. The average Bonchev–Trinajstić information content (AvgIpc) is 3.63. The van der Waals surface area contributed by atoms with E-state index < -0.39 is 200 Å². The molecule has 33 heteroatoms. The van der Waals surface area contributed by atoms with Gasteiger partial charge in [0.05, 0.1) is 44.3 Å². The maximum atomic E-state index is 14.0. The van der Waals surface area contributed by atoms with Crippen molar-refractivity contribution in [2.24, 2.45) is 34.8 Å². The van der Waals surface area contributed by atoms with Crippen LogP contribution in [0.25, 0.3) is 0 Å². The summed E-state index contributed by atoms with van der Waals surface area (Å²) in [7, 11) is 0. The number of primary amides is 1. The molecule has 0 radical (unpaired) electrons. The van der Waals surface area contributed by atoms with E-state index in [1.54, 1.807) is 44.2 Å². The number of benzene rings is 1. The molecule has 0 aliphatic rings. The second-order valence-electron chi connectivity index (χ2n) is 21.4. The molecule has 0 aromatic heterocycles. The SMILES string of the molecule is CC[C@H](C)[C@H](NC(=O)[C@H](CCC(=O)O)NC(=O)[C@@H](NC(=O)[C@H](CCCCN)NC(=O)[C@@H](NC(=O)CNC(=O)CNC(=O)CNC(=O)[C@H](Cc1ccccc1)NC(=O)[C@@H](NC(=O)[C@@H](N)CC(N)=O)[C@@H](C)O)[C@@H](C)O)C(C)C)C(=O)N[C@@H](CCCCN)C(=O)O. The van der Waals surface area contributed by atoms with Crippen molar-refractivity contribution in [1.82, 2.24) is 58.5 Å². The Morgan fingerprint density at radius 1 is 0.477 bits per heavy atom. The Morgan fingerprint density at radius 3 is 1.39 bits per heavy atom. The van der Waals surface area contributed by atoms with E-state index in [0.29, 0.717) is 37.8 Å². The van der Waals surface area contributed by atoms with Gasteiger partial charge in [0.25, 0.3) is 0 Å². The lowest BCUT2D eigenvalue weighted by Crippen LogP contribution is -2.61. The topological polar surface area (TPSA) is 556 Å². The zero-order chi connectivity index (χ0) is 66.8. The number of carbonyl (C=O) groups is 14. The van der Waals surface area contributed by atoms with E-state index in [1.165, 1.54) is 20.8 Å². The average molecular weight is 1250 g/mol. The lowest BCUT2D eigenvalue weighted by Gasteiger charge is -2.30. The minimum atomic E-state index is -1.75. The van der Waals surface area contributed by atoms with Crippen LogP contribution in [0.4, 0.5) is 0 Å². The Hall–Kier alpha value is -8.40. The van der Waals surface area contributed by atoms with Gasteiger partial charge in [-0.2, -0.15) is 0 Å². The molecule has 0 unspecified atom stereocenters. The Bertz CT molecular complexity index is 2520. The molecular formula is C55H91N15O18. The second kappa shape index (κ2) is 40.9. The standard InChI is InChI=1S/C55H91N15O18/c1-7-29(4)44(52(84)65-36(55(87)88)18-12-14-22-57)69-50(82)35(19-20-42(77)78)64-51(83)43(28(2)3)68-49(81)34(17-11-13-21-56)63-53(85)45(30(5)71)67-41(76)27-61-39(74)25-60-40(75)26-62-48(80)37(23-32-15-9-8-10-16-32)66-54(86)46(31(6)72)70-47(79)33(58)24-38(59)73/h8-10,15-16,28-31,33-37,43-46,71-72H,7,11-14,17-27,56-58H2,1-6H3,(H2,59,73)(H,60,75)(H,61,74)(H,62,80)(H,63,85)(H,64,83)(H,65,84)(H,66,86)(H,67,76)(H,68,81)(H,69,82)(H,70,79)(H,77,78)(H,87,88)/t29-,30+,31+,33-,34-,35-,36-,37-,43-,44-,45-,46-/m0/s1. The molecule has 12 amide bonds. The molecule has 88 heavy (non-hydrogen) atoms. The molecule has 23 N–H and O–H groups in total. The summed E-state index contributed by atoms with van der Waals surface area (Å²) >= 11 is 0. The normalized spacial score (nSPS) is 15.1. The fourth-order valence-corrected chi connectivity index (χ4v) is 8.28. The van der Waals surface area contributed by atoms with Crippen LogP contribution in [0.2, 0.25) is 0 Å². The highest BCUT2D eigenvalue weighted by Crippen LogP contribution is 2.14. The molecule has 0 heterocycles. The third-order valence-electron chi connectivity index (χ3n) is 13.6. The van der Waals surface area contributed by atoms with Crippen LogP contribution in [-0.2, 0) is 73.5 Å². The van der Waals surface area contributed by atoms with Crippen LogP contribution in [-0.4, -0.2) is 203 Å². The van der Waals surface area contributed by atoms with E-state index in [4.69, 9.17) is 22.9 Å². The highest BCUT2D eigenvalue weighted by molar-refractivity contribution is 5.99. The van der Waals surface area contributed by atoms with Gasteiger partial charge in [-0.3, -0.25) is 62.3 Å². The number of hydrogen-bond acceptors (Lipinski definition) is 19. The fraction of sp³-hybridized carbons (Fsp3) is 0.636. The van der Waals surface area contributed by atoms with Gasteiger partial charge in [-0.25, -0.2) is 4.79 Å². The van der Waals surface area contributed by atoms with Crippen molar-refractivity contribution in [3.8, 4) is 0 Å². The van der Waals surface area contributed by atoms with E-state index in [-0.39, 0.29) is 32.2 Å². The summed E-state index contributed by atoms with van der Waals surface area (Å²) in [6.45, 7) is 6.91. The number of carbonyl (C=O) groups excluding carboxylic acids is 12. The highest BCUT2D eigenvalue weighted by Gasteiger charge is 2.37. The number of rotatable bonds is 43. The first-order chi connectivity index (χ1) is 41.4. The molecule has 1 aromatic rings. The van der Waals surface area contributed by atoms with Crippen molar-refractivity contribution in [3.63, 3.8) is 0 Å². The molecule has 0 aliphatic heterocycles. The number of aliphatic hydroxyl groups excluding tert-OH is 2. The Balaban J connectivity index is 3.12. The summed E-state index contributed by atoms with van der Waals surface area (Å²) in [5.74, 6) is -15.4. The lowest BCUT2D eigenvalue weighted by atomic mass is 9.96. The number of hydrogen-bond donors (Lipinski definition) is 19. The smallest absolute Gasteiger partial charge is 0.326 e. The van der Waals surface area contributed by atoms with Gasteiger partial charge in [0.15, 0.2) is 0 Å². The molecule has 12 atom stereocenters. The fourth-order valence-electron chi connectivity index (χ4n) is 8.28. The van der Waals surface area contributed by atoms with Crippen molar-refractivity contribution >= 4 is 82.8 Å². The first-order valence-electron chi connectivity index (χ1n) is 28.9. The van der Waals surface area contributed by atoms with Gasteiger partial charge >= 0.3 is 11.9 Å². The van der Waals surface area contributed by atoms with Crippen molar-refractivity contribution in [3.05, 3.63) is 35.9 Å². The predicted molar refractivity (Wildman–Crippen MR) is 314 cm³/mol. The minimum absolute atomic E-state index is 0.0482. The lowest BCUT2D eigenvalue weighted by molar-refractivity contribution is -0.143. The maximum Gasteiger partial charge on any atom is 0.326 e. The molecule has 33 nitrogen and oxygen atoms in total. The Labute approximate surface area is 509 Å². The van der Waals surface area contributed by atoms with E-state index in [0.717, 1.165) is 6.92 Å². The zero-order valence-corrected chi connectivity index (χ0v) is 50.5. The monoisotopic (exact) mass is 1250 g/mol. The van der Waals surface area contributed by atoms with E-state index in [9.17, 15) is 87.5 Å². The van der Waals surface area contributed by atoms with Gasteiger partial charge in [-0.05, 0) is 89.3 Å². The van der Waals surface area contributed by atoms with Crippen LogP contribution in [0.3, 0.4) is 0 Å². The maximum absolute atomic E-state index is 14.0. The summed E-state index contributed by atoms with van der Waals surface area (Å²) in [6.07, 6.45) is -3.17. The number of nitrogens with two attached hydrogens (primary N) is 4. The van der Waals surface area contributed by atoms with Gasteiger partial charge in [0, 0.05) is 12.8 Å². The quantitative estimate of drug-likeness (QED) is 0.0270. The number of aliphatic carboxylic acids is 2. The predicted octanol–water partition coefficient (Wildman–Crippen LogP) is -6.67. The van der Waals surface area contributed by atoms with Crippen LogP contribution in [0.5, 0.6) is 0 Å². The number of carboxylic acids is 2. The molecule has 0 aliphatic carbocycles.